The van der Waals surface area contributed by atoms with Crippen molar-refractivity contribution in [3.63, 3.8) is 0 Å². The minimum absolute atomic E-state index is 0.0857. The smallest absolute Gasteiger partial charge is 0.127 e. The molecule has 0 aliphatic heterocycles. The number of pyridine rings is 1. The molecule has 19 heavy (non-hydrogen) atoms. The number of hydrogen-bond donors (Lipinski definition) is 1. The molecule has 1 rings (SSSR count). The second-order valence-corrected chi connectivity index (χ2v) is 6.75. The van der Waals surface area contributed by atoms with E-state index in [2.05, 4.69) is 51.8 Å². The monoisotopic (exact) mass is 264 g/mol. The molecular weight excluding hydrogens is 236 g/mol. The highest BCUT2D eigenvalue weighted by molar-refractivity contribution is 5.33. The van der Waals surface area contributed by atoms with E-state index in [1.54, 1.807) is 0 Å². The van der Waals surface area contributed by atoms with Crippen molar-refractivity contribution in [3.05, 3.63) is 23.5 Å². The van der Waals surface area contributed by atoms with Crippen LogP contribution in [-0.4, -0.2) is 16.1 Å². The van der Waals surface area contributed by atoms with Crippen LogP contribution in [0.3, 0.4) is 0 Å². The Kier molecular flexibility index (Phi) is 4.97. The summed E-state index contributed by atoms with van der Waals surface area (Å²) in [4.78, 5) is 4.38. The van der Waals surface area contributed by atoms with E-state index < -0.39 is 0 Å². The summed E-state index contributed by atoms with van der Waals surface area (Å²) in [5.74, 6) is 0.941. The molecule has 3 nitrogen and oxygen atoms in total. The normalized spacial score (nSPS) is 12.6. The van der Waals surface area contributed by atoms with Crippen molar-refractivity contribution >= 4 is 0 Å². The van der Waals surface area contributed by atoms with Crippen LogP contribution in [0, 0.1) is 6.92 Å². The lowest BCUT2D eigenvalue weighted by atomic mass is 10.1. The Morgan fingerprint density at radius 1 is 1.21 bits per heavy atom. The van der Waals surface area contributed by atoms with Gasteiger partial charge in [-0.15, -0.1) is 0 Å². The van der Waals surface area contributed by atoms with Crippen LogP contribution < -0.4 is 10.1 Å². The Morgan fingerprint density at radius 3 is 2.37 bits per heavy atom. The Balaban J connectivity index is 2.92. The molecule has 1 heterocycles. The molecule has 1 aromatic rings. The van der Waals surface area contributed by atoms with Gasteiger partial charge in [0, 0.05) is 35.6 Å². The molecule has 0 fully saturated rings. The molecule has 0 atom stereocenters. The van der Waals surface area contributed by atoms with Crippen LogP contribution in [0.25, 0.3) is 0 Å². The van der Waals surface area contributed by atoms with Crippen molar-refractivity contribution in [1.29, 1.82) is 0 Å². The van der Waals surface area contributed by atoms with Crippen molar-refractivity contribution < 1.29 is 4.74 Å². The summed E-state index contributed by atoms with van der Waals surface area (Å²) in [5.41, 5.74) is 2.04. The van der Waals surface area contributed by atoms with Gasteiger partial charge in [-0.3, -0.25) is 4.98 Å². The maximum Gasteiger partial charge on any atom is 0.127 e. The van der Waals surface area contributed by atoms with E-state index in [1.165, 1.54) is 0 Å². The van der Waals surface area contributed by atoms with E-state index in [-0.39, 0.29) is 11.1 Å². The zero-order valence-corrected chi connectivity index (χ0v) is 13.4. The van der Waals surface area contributed by atoms with Crippen LogP contribution in [0.5, 0.6) is 5.75 Å². The zero-order chi connectivity index (χ0) is 14.7. The van der Waals surface area contributed by atoms with Gasteiger partial charge in [-0.25, -0.2) is 0 Å². The van der Waals surface area contributed by atoms with Crippen LogP contribution >= 0.6 is 0 Å². The molecule has 0 amide bonds. The van der Waals surface area contributed by atoms with E-state index in [1.807, 2.05) is 19.2 Å². The van der Waals surface area contributed by atoms with Crippen molar-refractivity contribution in [2.75, 3.05) is 0 Å². The van der Waals surface area contributed by atoms with E-state index in [0.29, 0.717) is 0 Å². The fourth-order valence-corrected chi connectivity index (χ4v) is 1.52. The van der Waals surface area contributed by atoms with Gasteiger partial charge < -0.3 is 10.1 Å². The molecule has 0 aliphatic rings. The van der Waals surface area contributed by atoms with Crippen LogP contribution in [0.2, 0.25) is 0 Å². The van der Waals surface area contributed by atoms with E-state index in [9.17, 15) is 0 Å². The molecule has 0 unspecified atom stereocenters. The SMILES string of the molecule is CCC(C)(C)Oc1cc(C)ncc1CNC(C)(C)C. The highest BCUT2D eigenvalue weighted by Gasteiger charge is 2.19. The summed E-state index contributed by atoms with van der Waals surface area (Å²) < 4.78 is 6.15. The second kappa shape index (κ2) is 5.91. The average molecular weight is 264 g/mol. The molecule has 0 bridgehead atoms. The lowest BCUT2D eigenvalue weighted by molar-refractivity contribution is 0.103. The predicted octanol–water partition coefficient (Wildman–Crippen LogP) is 3.85. The molecule has 1 N–H and O–H groups in total. The fourth-order valence-electron chi connectivity index (χ4n) is 1.52. The third-order valence-corrected chi connectivity index (χ3v) is 3.13. The quantitative estimate of drug-likeness (QED) is 0.877. The van der Waals surface area contributed by atoms with Gasteiger partial charge in [0.05, 0.1) is 0 Å². The summed E-state index contributed by atoms with van der Waals surface area (Å²) in [6.45, 7) is 15.6. The standard InChI is InChI=1S/C16H28N2O/c1-8-16(6,7)19-14-9-12(2)17-10-13(14)11-18-15(3,4)5/h9-10,18H,8,11H2,1-7H3. The maximum atomic E-state index is 6.15. The number of nitrogens with one attached hydrogen (secondary N) is 1. The topological polar surface area (TPSA) is 34.1 Å². The third kappa shape index (κ3) is 5.60. The highest BCUT2D eigenvalue weighted by Crippen LogP contribution is 2.25. The molecule has 0 saturated carbocycles. The Labute approximate surface area is 117 Å². The molecular formula is C16H28N2O. The van der Waals surface area contributed by atoms with E-state index >= 15 is 0 Å². The van der Waals surface area contributed by atoms with Gasteiger partial charge in [0.1, 0.15) is 11.4 Å². The molecule has 0 aromatic carbocycles. The zero-order valence-electron chi connectivity index (χ0n) is 13.4. The summed E-state index contributed by atoms with van der Waals surface area (Å²) in [5, 5.41) is 3.48. The molecule has 0 spiro atoms. The third-order valence-electron chi connectivity index (χ3n) is 3.13. The van der Waals surface area contributed by atoms with Crippen molar-refractivity contribution in [2.24, 2.45) is 0 Å². The summed E-state index contributed by atoms with van der Waals surface area (Å²) in [7, 11) is 0. The molecule has 0 saturated heterocycles. The van der Waals surface area contributed by atoms with Gasteiger partial charge in [-0.1, -0.05) is 6.92 Å². The minimum atomic E-state index is -0.149. The Morgan fingerprint density at radius 2 is 1.84 bits per heavy atom. The highest BCUT2D eigenvalue weighted by atomic mass is 16.5. The molecule has 0 aliphatic carbocycles. The first-order valence-corrected chi connectivity index (χ1v) is 7.02. The molecule has 108 valence electrons. The fraction of sp³-hybridized carbons (Fsp3) is 0.688. The van der Waals surface area contributed by atoms with Crippen LogP contribution in [-0.2, 0) is 6.54 Å². The Hall–Kier alpha value is -1.09. The number of nitrogens with zero attached hydrogens (tertiary/aromatic N) is 1. The first-order valence-electron chi connectivity index (χ1n) is 7.02. The van der Waals surface area contributed by atoms with Gasteiger partial charge in [0.15, 0.2) is 0 Å². The van der Waals surface area contributed by atoms with E-state index in [4.69, 9.17) is 4.74 Å². The van der Waals surface area contributed by atoms with Crippen LogP contribution in [0.15, 0.2) is 12.3 Å². The second-order valence-electron chi connectivity index (χ2n) is 6.75. The Bertz CT molecular complexity index is 419. The molecule has 3 heteroatoms. The number of aryl methyl sites for hydroxylation is 1. The number of aromatic nitrogens is 1. The summed E-state index contributed by atoms with van der Waals surface area (Å²) in [6.07, 6.45) is 2.88. The first kappa shape index (κ1) is 16.0. The number of ether oxygens (including phenoxy) is 1. The lowest BCUT2D eigenvalue weighted by Gasteiger charge is -2.27. The predicted molar refractivity (Wildman–Crippen MR) is 80.6 cm³/mol. The van der Waals surface area contributed by atoms with Crippen LogP contribution in [0.4, 0.5) is 0 Å². The van der Waals surface area contributed by atoms with Crippen molar-refractivity contribution in [3.8, 4) is 5.75 Å². The molecule has 1 aromatic heterocycles. The lowest BCUT2D eigenvalue weighted by Crippen LogP contribution is -2.35. The van der Waals surface area contributed by atoms with E-state index in [0.717, 1.165) is 30.0 Å². The summed E-state index contributed by atoms with van der Waals surface area (Å²) in [6, 6.07) is 2.02. The molecule has 0 radical (unpaired) electrons. The number of hydrogen-bond acceptors (Lipinski definition) is 3. The minimum Gasteiger partial charge on any atom is -0.487 e. The number of rotatable bonds is 5. The van der Waals surface area contributed by atoms with Gasteiger partial charge in [0.25, 0.3) is 0 Å². The average Bonchev–Trinajstić information content (AvgIpc) is 2.26. The maximum absolute atomic E-state index is 6.15. The van der Waals surface area contributed by atoms with Crippen LogP contribution in [0.1, 0.15) is 59.2 Å². The van der Waals surface area contributed by atoms with Crippen molar-refractivity contribution in [1.82, 2.24) is 10.3 Å². The summed E-state index contributed by atoms with van der Waals surface area (Å²) >= 11 is 0. The van der Waals surface area contributed by atoms with Crippen molar-refractivity contribution in [2.45, 2.75) is 72.6 Å². The van der Waals surface area contributed by atoms with Gasteiger partial charge in [-0.05, 0) is 48.0 Å². The van der Waals surface area contributed by atoms with Gasteiger partial charge in [0.2, 0.25) is 0 Å². The largest absolute Gasteiger partial charge is 0.487 e. The first-order chi connectivity index (χ1) is 8.63. The van der Waals surface area contributed by atoms with Gasteiger partial charge >= 0.3 is 0 Å². The van der Waals surface area contributed by atoms with Gasteiger partial charge in [-0.2, -0.15) is 0 Å².